The molecule has 0 radical (unpaired) electrons. The van der Waals surface area contributed by atoms with Crippen molar-refractivity contribution in [3.05, 3.63) is 54.1 Å². The van der Waals surface area contributed by atoms with Gasteiger partial charge in [-0.25, -0.2) is 8.42 Å². The van der Waals surface area contributed by atoms with Crippen molar-refractivity contribution in [2.75, 3.05) is 5.32 Å². The van der Waals surface area contributed by atoms with Crippen molar-refractivity contribution in [3.63, 3.8) is 0 Å². The molecule has 4 nitrogen and oxygen atoms in total. The van der Waals surface area contributed by atoms with Crippen molar-refractivity contribution in [3.8, 4) is 0 Å². The first-order valence-electron chi connectivity index (χ1n) is 8.77. The van der Waals surface area contributed by atoms with Crippen molar-refractivity contribution < 1.29 is 8.42 Å². The molecule has 2 aromatic carbocycles. The molecule has 0 spiro atoms. The minimum absolute atomic E-state index is 0.0482. The van der Waals surface area contributed by atoms with Crippen LogP contribution in [0, 0.1) is 5.41 Å². The first-order chi connectivity index (χ1) is 11.8. The van der Waals surface area contributed by atoms with Gasteiger partial charge in [0.05, 0.1) is 15.5 Å². The van der Waals surface area contributed by atoms with E-state index >= 15 is 0 Å². The summed E-state index contributed by atoms with van der Waals surface area (Å²) in [4.78, 5) is 0.663. The average molecular weight is 356 g/mol. The number of rotatable bonds is 2. The summed E-state index contributed by atoms with van der Waals surface area (Å²) in [5.74, 6) is 0.136. The van der Waals surface area contributed by atoms with Gasteiger partial charge in [0.1, 0.15) is 0 Å². The van der Waals surface area contributed by atoms with Gasteiger partial charge in [-0.05, 0) is 48.7 Å². The highest BCUT2D eigenvalue weighted by Crippen LogP contribution is 2.55. The Morgan fingerprint density at radius 2 is 1.80 bits per heavy atom. The molecular formula is C20H24N2O2S. The summed E-state index contributed by atoms with van der Waals surface area (Å²) in [5, 5.41) is 3.50. The number of nitrogens with two attached hydrogens (primary N) is 1. The van der Waals surface area contributed by atoms with Crippen LogP contribution in [0.2, 0.25) is 0 Å². The Hall–Kier alpha value is -1.85. The van der Waals surface area contributed by atoms with Crippen molar-refractivity contribution in [1.29, 1.82) is 0 Å². The third-order valence-corrected chi connectivity index (χ3v) is 7.84. The highest BCUT2D eigenvalue weighted by molar-refractivity contribution is 7.91. The number of fused-ring (bicyclic) bond motifs is 3. The van der Waals surface area contributed by atoms with Gasteiger partial charge in [-0.15, -0.1) is 0 Å². The van der Waals surface area contributed by atoms with Gasteiger partial charge in [-0.1, -0.05) is 38.5 Å². The predicted octanol–water partition coefficient (Wildman–Crippen LogP) is 3.89. The Kier molecular flexibility index (Phi) is 3.54. The fourth-order valence-corrected chi connectivity index (χ4v) is 5.70. The van der Waals surface area contributed by atoms with Gasteiger partial charge in [0.15, 0.2) is 0 Å². The second-order valence-electron chi connectivity index (χ2n) is 7.89. The third-order valence-electron chi connectivity index (χ3n) is 6.07. The van der Waals surface area contributed by atoms with E-state index in [9.17, 15) is 8.42 Å². The Labute approximate surface area is 149 Å². The minimum Gasteiger partial charge on any atom is -0.366 e. The normalized spacial score (nSPS) is 27.2. The van der Waals surface area contributed by atoms with E-state index in [2.05, 4.69) is 19.2 Å². The molecule has 2 aliphatic rings. The van der Waals surface area contributed by atoms with Gasteiger partial charge < -0.3 is 11.1 Å². The second-order valence-corrected chi connectivity index (χ2v) is 9.84. The smallest absolute Gasteiger partial charge is 0.206 e. The number of nitrogens with one attached hydrogen (secondary N) is 1. The van der Waals surface area contributed by atoms with Gasteiger partial charge in [-0.3, -0.25) is 0 Å². The lowest BCUT2D eigenvalue weighted by molar-refractivity contribution is 0.108. The predicted molar refractivity (Wildman–Crippen MR) is 99.2 cm³/mol. The zero-order valence-electron chi connectivity index (χ0n) is 14.6. The molecule has 1 fully saturated rings. The summed E-state index contributed by atoms with van der Waals surface area (Å²) in [6.45, 7) is 4.39. The van der Waals surface area contributed by atoms with Crippen LogP contribution in [0.15, 0.2) is 58.3 Å². The van der Waals surface area contributed by atoms with Crippen molar-refractivity contribution in [2.45, 2.75) is 54.5 Å². The number of hydrogen-bond donors (Lipinski definition) is 2. The quantitative estimate of drug-likeness (QED) is 0.856. The second kappa shape index (κ2) is 5.32. The molecule has 3 N–H and O–H groups in total. The van der Waals surface area contributed by atoms with E-state index in [1.54, 1.807) is 30.3 Å². The summed E-state index contributed by atoms with van der Waals surface area (Å²) in [6, 6.07) is 14.0. The van der Waals surface area contributed by atoms with E-state index in [4.69, 9.17) is 5.73 Å². The number of sulfone groups is 1. The van der Waals surface area contributed by atoms with Gasteiger partial charge in [0.25, 0.3) is 0 Å². The van der Waals surface area contributed by atoms with Crippen LogP contribution < -0.4 is 11.1 Å². The molecule has 0 saturated heterocycles. The minimum atomic E-state index is -3.52. The number of benzene rings is 2. The van der Waals surface area contributed by atoms with Crippen LogP contribution >= 0.6 is 0 Å². The van der Waals surface area contributed by atoms with Gasteiger partial charge in [0.2, 0.25) is 9.84 Å². The molecule has 25 heavy (non-hydrogen) atoms. The van der Waals surface area contributed by atoms with Crippen molar-refractivity contribution >= 4 is 15.5 Å². The van der Waals surface area contributed by atoms with E-state index < -0.39 is 15.5 Å². The molecule has 2 aromatic rings. The Morgan fingerprint density at radius 1 is 1.08 bits per heavy atom. The monoisotopic (exact) mass is 356 g/mol. The van der Waals surface area contributed by atoms with Crippen LogP contribution in [0.4, 0.5) is 5.69 Å². The van der Waals surface area contributed by atoms with E-state index in [-0.39, 0.29) is 11.3 Å². The van der Waals surface area contributed by atoms with Crippen LogP contribution in [0.1, 0.15) is 44.6 Å². The fourth-order valence-electron chi connectivity index (χ4n) is 4.38. The van der Waals surface area contributed by atoms with Gasteiger partial charge in [-0.2, -0.15) is 0 Å². The summed E-state index contributed by atoms with van der Waals surface area (Å²) in [5.41, 5.74) is 8.23. The Balaban J connectivity index is 1.80. The van der Waals surface area contributed by atoms with E-state index in [0.717, 1.165) is 30.5 Å². The summed E-state index contributed by atoms with van der Waals surface area (Å²) in [6.07, 6.45) is 3.15. The van der Waals surface area contributed by atoms with Crippen molar-refractivity contribution in [1.82, 2.24) is 0 Å². The van der Waals surface area contributed by atoms with Crippen LogP contribution in [-0.4, -0.2) is 14.1 Å². The Bertz CT molecular complexity index is 922. The summed E-state index contributed by atoms with van der Waals surface area (Å²) < 4.78 is 25.9. The molecule has 1 heterocycles. The van der Waals surface area contributed by atoms with Crippen LogP contribution in [0.25, 0.3) is 0 Å². The zero-order valence-corrected chi connectivity index (χ0v) is 15.4. The van der Waals surface area contributed by atoms with E-state index in [1.807, 2.05) is 18.2 Å². The topological polar surface area (TPSA) is 72.2 Å². The molecule has 132 valence electrons. The maximum atomic E-state index is 12.9. The van der Waals surface area contributed by atoms with Crippen LogP contribution in [0.3, 0.4) is 0 Å². The van der Waals surface area contributed by atoms with E-state index in [0.29, 0.717) is 9.79 Å². The molecule has 0 amide bonds. The first kappa shape index (κ1) is 16.6. The van der Waals surface area contributed by atoms with Gasteiger partial charge in [0, 0.05) is 17.0 Å². The summed E-state index contributed by atoms with van der Waals surface area (Å²) >= 11 is 0. The number of anilines is 1. The number of hydrogen-bond acceptors (Lipinski definition) is 4. The van der Waals surface area contributed by atoms with Crippen molar-refractivity contribution in [2.24, 2.45) is 11.1 Å². The molecule has 5 heteroatoms. The standard InChI is InChI=1S/C20H24N2O2S/c1-19(2)12-6-9-17-16-13-15(10-11-18(16)22-20(17,19)21)25(23,24)14-7-4-3-5-8-14/h3-5,7-8,10-11,13,17,22H,6,9,12,21H2,1-2H3. The summed E-state index contributed by atoms with van der Waals surface area (Å²) in [7, 11) is -3.52. The molecule has 1 aliphatic heterocycles. The van der Waals surface area contributed by atoms with Crippen LogP contribution in [-0.2, 0) is 9.84 Å². The molecule has 4 rings (SSSR count). The fraction of sp³-hybridized carbons (Fsp3) is 0.400. The largest absolute Gasteiger partial charge is 0.366 e. The zero-order chi connectivity index (χ0) is 17.9. The molecule has 1 aliphatic carbocycles. The maximum absolute atomic E-state index is 12.9. The lowest BCUT2D eigenvalue weighted by Crippen LogP contribution is -2.61. The lowest BCUT2D eigenvalue weighted by Gasteiger charge is -2.49. The highest BCUT2D eigenvalue weighted by atomic mass is 32.2. The highest BCUT2D eigenvalue weighted by Gasteiger charge is 2.54. The van der Waals surface area contributed by atoms with Crippen LogP contribution in [0.5, 0.6) is 0 Å². The first-order valence-corrected chi connectivity index (χ1v) is 10.3. The maximum Gasteiger partial charge on any atom is 0.206 e. The molecule has 1 saturated carbocycles. The lowest BCUT2D eigenvalue weighted by atomic mass is 9.63. The average Bonchev–Trinajstić information content (AvgIpc) is 2.89. The Morgan fingerprint density at radius 3 is 2.52 bits per heavy atom. The molecule has 2 unspecified atom stereocenters. The molecule has 2 atom stereocenters. The molecular weight excluding hydrogens is 332 g/mol. The molecule has 0 bridgehead atoms. The third kappa shape index (κ3) is 2.33. The molecule has 0 aromatic heterocycles. The van der Waals surface area contributed by atoms with Gasteiger partial charge >= 0.3 is 0 Å². The SMILES string of the molecule is CC1(C)CCCC2c3cc(S(=O)(=O)c4ccccc4)ccc3NC21N. The van der Waals surface area contributed by atoms with E-state index in [1.165, 1.54) is 0 Å².